The summed E-state index contributed by atoms with van der Waals surface area (Å²) in [7, 11) is 3.19. The van der Waals surface area contributed by atoms with E-state index in [4.69, 9.17) is 25.8 Å². The minimum Gasteiger partial charge on any atom is -0.497 e. The molecule has 0 aliphatic carbocycles. The van der Waals surface area contributed by atoms with Gasteiger partial charge in [-0.2, -0.15) is 5.26 Å². The monoisotopic (exact) mass is 483 g/mol. The van der Waals surface area contributed by atoms with E-state index in [0.29, 0.717) is 28.7 Å². The minimum atomic E-state index is 0.347. The Balaban J connectivity index is 1.88. The van der Waals surface area contributed by atoms with E-state index in [-0.39, 0.29) is 0 Å². The maximum Gasteiger partial charge on any atom is 0.175 e. The Morgan fingerprint density at radius 2 is 1.83 bits per heavy atom. The molecule has 0 saturated heterocycles. The summed E-state index contributed by atoms with van der Waals surface area (Å²) in [6.45, 7) is 0.347. The molecule has 0 aliphatic rings. The smallest absolute Gasteiger partial charge is 0.175 e. The van der Waals surface area contributed by atoms with E-state index >= 15 is 0 Å². The zero-order valence-corrected chi connectivity index (χ0v) is 18.8. The molecule has 3 aromatic carbocycles. The molecule has 0 unspecified atom stereocenters. The summed E-state index contributed by atoms with van der Waals surface area (Å²) in [5.74, 6) is 1.88. The highest BCUT2D eigenvalue weighted by Crippen LogP contribution is 2.38. The van der Waals surface area contributed by atoms with Gasteiger partial charge in [-0.25, -0.2) is 0 Å². The maximum atomic E-state index is 9.62. The van der Waals surface area contributed by atoms with Crippen molar-refractivity contribution in [2.24, 2.45) is 0 Å². The van der Waals surface area contributed by atoms with Crippen LogP contribution in [0.2, 0.25) is 5.02 Å². The van der Waals surface area contributed by atoms with Gasteiger partial charge < -0.3 is 14.2 Å². The summed E-state index contributed by atoms with van der Waals surface area (Å²) in [6, 6.07) is 20.8. The van der Waals surface area contributed by atoms with Gasteiger partial charge in [-0.15, -0.1) is 0 Å². The van der Waals surface area contributed by atoms with Crippen LogP contribution in [-0.2, 0) is 6.61 Å². The molecule has 30 heavy (non-hydrogen) atoms. The number of rotatable bonds is 7. The highest BCUT2D eigenvalue weighted by Gasteiger charge is 2.12. The molecule has 0 radical (unpaired) electrons. The molecule has 152 valence electrons. The molecule has 4 nitrogen and oxygen atoms in total. The maximum absolute atomic E-state index is 9.62. The number of ether oxygens (including phenoxy) is 3. The summed E-state index contributed by atoms with van der Waals surface area (Å²) in [4.78, 5) is 0. The largest absolute Gasteiger partial charge is 0.497 e. The number of hydrogen-bond donors (Lipinski definition) is 0. The van der Waals surface area contributed by atoms with Crippen LogP contribution in [0.1, 0.15) is 16.7 Å². The van der Waals surface area contributed by atoms with Gasteiger partial charge in [0.2, 0.25) is 0 Å². The zero-order valence-electron chi connectivity index (χ0n) is 16.5. The van der Waals surface area contributed by atoms with Crippen molar-refractivity contribution in [3.63, 3.8) is 0 Å². The van der Waals surface area contributed by atoms with E-state index in [9.17, 15) is 5.26 Å². The van der Waals surface area contributed by atoms with Crippen LogP contribution in [0.4, 0.5) is 0 Å². The third kappa shape index (κ3) is 5.35. The van der Waals surface area contributed by atoms with Crippen LogP contribution in [0.3, 0.4) is 0 Å². The van der Waals surface area contributed by atoms with Crippen LogP contribution in [0, 0.1) is 11.3 Å². The molecule has 0 fully saturated rings. The van der Waals surface area contributed by atoms with E-state index in [2.05, 4.69) is 22.0 Å². The number of allylic oxidation sites excluding steroid dienone is 1. The quantitative estimate of drug-likeness (QED) is 0.274. The molecule has 0 atom stereocenters. The Morgan fingerprint density at radius 1 is 1.07 bits per heavy atom. The van der Waals surface area contributed by atoms with Gasteiger partial charge in [0.15, 0.2) is 11.5 Å². The van der Waals surface area contributed by atoms with E-state index < -0.39 is 0 Å². The molecular weight excluding hydrogens is 466 g/mol. The van der Waals surface area contributed by atoms with Crippen LogP contribution in [0.25, 0.3) is 11.6 Å². The number of methoxy groups -OCH3 is 2. The predicted molar refractivity (Wildman–Crippen MR) is 123 cm³/mol. The van der Waals surface area contributed by atoms with Crippen molar-refractivity contribution < 1.29 is 14.2 Å². The fourth-order valence-corrected chi connectivity index (χ4v) is 3.65. The van der Waals surface area contributed by atoms with E-state index in [0.717, 1.165) is 26.9 Å². The number of hydrogen-bond acceptors (Lipinski definition) is 4. The van der Waals surface area contributed by atoms with Crippen LogP contribution in [0.15, 0.2) is 65.1 Å². The number of halogens is 2. The molecule has 0 bridgehead atoms. The average Bonchev–Trinajstić information content (AvgIpc) is 2.76. The SMILES string of the molecule is COc1ccc(/C(C#N)=C/c2cc(Br)c(OCc3cccc(Cl)c3)c(OC)c2)cc1. The second-order valence-electron chi connectivity index (χ2n) is 6.35. The first-order chi connectivity index (χ1) is 14.5. The Hall–Kier alpha value is -2.94. The van der Waals surface area contributed by atoms with E-state index in [1.54, 1.807) is 20.3 Å². The van der Waals surface area contributed by atoms with Crippen LogP contribution < -0.4 is 14.2 Å². The lowest BCUT2D eigenvalue weighted by molar-refractivity contribution is 0.282. The third-order valence-electron chi connectivity index (χ3n) is 4.36. The van der Waals surface area contributed by atoms with Gasteiger partial charge in [0.05, 0.1) is 30.3 Å². The van der Waals surface area contributed by atoms with Crippen molar-refractivity contribution in [3.8, 4) is 23.3 Å². The van der Waals surface area contributed by atoms with Crippen LogP contribution in [-0.4, -0.2) is 14.2 Å². The molecule has 0 amide bonds. The molecule has 6 heteroatoms. The van der Waals surface area contributed by atoms with E-state index in [1.807, 2.05) is 60.7 Å². The Morgan fingerprint density at radius 3 is 2.47 bits per heavy atom. The predicted octanol–water partition coefficient (Wildman–Crippen LogP) is 6.76. The lowest BCUT2D eigenvalue weighted by Gasteiger charge is -2.14. The molecular formula is C24H19BrClNO3. The van der Waals surface area contributed by atoms with Crippen molar-refractivity contribution in [2.75, 3.05) is 14.2 Å². The minimum absolute atomic E-state index is 0.347. The van der Waals surface area contributed by atoms with Gasteiger partial charge in [0.25, 0.3) is 0 Å². The molecule has 3 rings (SSSR count). The van der Waals surface area contributed by atoms with Crippen molar-refractivity contribution in [2.45, 2.75) is 6.61 Å². The average molecular weight is 485 g/mol. The lowest BCUT2D eigenvalue weighted by Crippen LogP contribution is -1.99. The van der Waals surface area contributed by atoms with Crippen molar-refractivity contribution in [3.05, 3.63) is 86.8 Å². The van der Waals surface area contributed by atoms with Gasteiger partial charge >= 0.3 is 0 Å². The van der Waals surface area contributed by atoms with Gasteiger partial charge in [0.1, 0.15) is 12.4 Å². The zero-order chi connectivity index (χ0) is 21.5. The van der Waals surface area contributed by atoms with Crippen molar-refractivity contribution >= 4 is 39.2 Å². The van der Waals surface area contributed by atoms with Gasteiger partial charge in [-0.1, -0.05) is 23.7 Å². The Bertz CT molecular complexity index is 1100. The standard InChI is InChI=1S/C24H19BrClNO3/c1-28-21-8-6-18(7-9-21)19(14-27)10-17-12-22(25)24(23(13-17)29-2)30-15-16-4-3-5-20(26)11-16/h3-13H,15H2,1-2H3/b19-10+. The summed E-state index contributed by atoms with van der Waals surface area (Å²) in [5, 5.41) is 10.3. The highest BCUT2D eigenvalue weighted by atomic mass is 79.9. The normalized spacial score (nSPS) is 11.0. The molecule has 0 aliphatic heterocycles. The fourth-order valence-electron chi connectivity index (χ4n) is 2.86. The molecule has 3 aromatic rings. The summed E-state index contributed by atoms with van der Waals surface area (Å²) < 4.78 is 17.4. The lowest BCUT2D eigenvalue weighted by atomic mass is 10.0. The number of benzene rings is 3. The topological polar surface area (TPSA) is 51.5 Å². The Kier molecular flexibility index (Phi) is 7.40. The molecule has 0 spiro atoms. The summed E-state index contributed by atoms with van der Waals surface area (Å²) in [6.07, 6.45) is 1.80. The first-order valence-electron chi connectivity index (χ1n) is 9.05. The second kappa shape index (κ2) is 10.2. The fraction of sp³-hybridized carbons (Fsp3) is 0.125. The highest BCUT2D eigenvalue weighted by molar-refractivity contribution is 9.10. The van der Waals surface area contributed by atoms with Gasteiger partial charge in [0, 0.05) is 5.02 Å². The number of nitrogens with zero attached hydrogens (tertiary/aromatic N) is 1. The van der Waals surface area contributed by atoms with E-state index in [1.165, 1.54) is 0 Å². The molecule has 0 saturated carbocycles. The molecule has 0 N–H and O–H groups in total. The first-order valence-corrected chi connectivity index (χ1v) is 10.2. The van der Waals surface area contributed by atoms with Crippen LogP contribution in [0.5, 0.6) is 17.2 Å². The second-order valence-corrected chi connectivity index (χ2v) is 7.64. The summed E-state index contributed by atoms with van der Waals surface area (Å²) in [5.41, 5.74) is 3.08. The van der Waals surface area contributed by atoms with Gasteiger partial charge in [-0.3, -0.25) is 0 Å². The molecule has 0 aromatic heterocycles. The third-order valence-corrected chi connectivity index (χ3v) is 5.18. The number of nitriles is 1. The van der Waals surface area contributed by atoms with Crippen LogP contribution >= 0.6 is 27.5 Å². The summed E-state index contributed by atoms with van der Waals surface area (Å²) >= 11 is 9.59. The van der Waals surface area contributed by atoms with Gasteiger partial charge in [-0.05, 0) is 87.2 Å². The molecule has 0 heterocycles. The Labute approximate surface area is 189 Å². The first kappa shape index (κ1) is 21.8. The van der Waals surface area contributed by atoms with Crippen molar-refractivity contribution in [1.82, 2.24) is 0 Å². The van der Waals surface area contributed by atoms with Crippen molar-refractivity contribution in [1.29, 1.82) is 5.26 Å².